The second-order valence-electron chi connectivity index (χ2n) is 5.88. The Labute approximate surface area is 126 Å². The van der Waals surface area contributed by atoms with Gasteiger partial charge >= 0.3 is 0 Å². The molecule has 3 heteroatoms. The van der Waals surface area contributed by atoms with Crippen LogP contribution in [0.3, 0.4) is 0 Å². The van der Waals surface area contributed by atoms with Gasteiger partial charge in [0.05, 0.1) is 6.61 Å². The van der Waals surface area contributed by atoms with E-state index in [1.165, 1.54) is 27.8 Å². The topological polar surface area (TPSA) is 25.4 Å². The Morgan fingerprint density at radius 2 is 2.14 bits per heavy atom. The largest absolute Gasteiger partial charge is 0.383 e. The predicted molar refractivity (Wildman–Crippen MR) is 85.0 cm³/mol. The fourth-order valence-electron chi connectivity index (χ4n) is 3.09. The van der Waals surface area contributed by atoms with E-state index in [-0.39, 0.29) is 0 Å². The van der Waals surface area contributed by atoms with Gasteiger partial charge in [-0.25, -0.2) is 0 Å². The van der Waals surface area contributed by atoms with Crippen molar-refractivity contribution in [3.05, 3.63) is 53.3 Å². The molecule has 3 nitrogen and oxygen atoms in total. The highest BCUT2D eigenvalue weighted by molar-refractivity contribution is 5.65. The third-order valence-corrected chi connectivity index (χ3v) is 4.33. The average Bonchev–Trinajstić information content (AvgIpc) is 2.93. The zero-order valence-corrected chi connectivity index (χ0v) is 13.0. The quantitative estimate of drug-likeness (QED) is 0.859. The maximum Gasteiger partial charge on any atom is 0.0615 e. The standard InChI is InChI=1S/C18H22N2O/c1-13-7-16(15-5-4-6-19-9-15)8-17-10-20(11-18(13)17)14(2)12-21-3/h4-9,14H,10-12H2,1-3H3. The summed E-state index contributed by atoms with van der Waals surface area (Å²) in [6, 6.07) is 9.15. The monoisotopic (exact) mass is 282 g/mol. The van der Waals surface area contributed by atoms with Crippen LogP contribution in [0, 0.1) is 6.92 Å². The van der Waals surface area contributed by atoms with Gasteiger partial charge in [-0.05, 0) is 48.2 Å². The number of ether oxygens (including phenoxy) is 1. The van der Waals surface area contributed by atoms with E-state index in [0.717, 1.165) is 19.7 Å². The van der Waals surface area contributed by atoms with E-state index in [0.29, 0.717) is 6.04 Å². The highest BCUT2D eigenvalue weighted by Crippen LogP contribution is 2.32. The number of rotatable bonds is 4. The van der Waals surface area contributed by atoms with Crippen LogP contribution in [0.4, 0.5) is 0 Å². The van der Waals surface area contributed by atoms with Gasteiger partial charge in [0.15, 0.2) is 0 Å². The molecule has 1 unspecified atom stereocenters. The van der Waals surface area contributed by atoms with Crippen molar-refractivity contribution in [2.75, 3.05) is 13.7 Å². The van der Waals surface area contributed by atoms with Gasteiger partial charge in [0.25, 0.3) is 0 Å². The summed E-state index contributed by atoms with van der Waals surface area (Å²) in [5.74, 6) is 0. The fourth-order valence-corrected chi connectivity index (χ4v) is 3.09. The van der Waals surface area contributed by atoms with Crippen molar-refractivity contribution < 1.29 is 4.74 Å². The molecule has 3 rings (SSSR count). The lowest BCUT2D eigenvalue weighted by atomic mass is 9.97. The molecule has 0 amide bonds. The Kier molecular flexibility index (Phi) is 4.04. The molecular formula is C18H22N2O. The van der Waals surface area contributed by atoms with Crippen molar-refractivity contribution in [1.82, 2.24) is 9.88 Å². The van der Waals surface area contributed by atoms with Gasteiger partial charge in [0.1, 0.15) is 0 Å². The molecule has 0 saturated carbocycles. The fraction of sp³-hybridized carbons (Fsp3) is 0.389. The molecule has 21 heavy (non-hydrogen) atoms. The zero-order valence-electron chi connectivity index (χ0n) is 13.0. The molecule has 2 heterocycles. The Bertz CT molecular complexity index is 625. The third-order valence-electron chi connectivity index (χ3n) is 4.33. The summed E-state index contributed by atoms with van der Waals surface area (Å²) in [4.78, 5) is 6.71. The summed E-state index contributed by atoms with van der Waals surface area (Å²) < 4.78 is 5.29. The smallest absolute Gasteiger partial charge is 0.0615 e. The van der Waals surface area contributed by atoms with Crippen LogP contribution in [0.15, 0.2) is 36.7 Å². The minimum atomic E-state index is 0.448. The van der Waals surface area contributed by atoms with Crippen LogP contribution >= 0.6 is 0 Å². The van der Waals surface area contributed by atoms with E-state index >= 15 is 0 Å². The molecule has 0 radical (unpaired) electrons. The molecule has 1 aromatic carbocycles. The molecule has 0 N–H and O–H groups in total. The highest BCUT2D eigenvalue weighted by atomic mass is 16.5. The van der Waals surface area contributed by atoms with Crippen molar-refractivity contribution in [2.24, 2.45) is 0 Å². The normalized spacial score (nSPS) is 16.0. The minimum absolute atomic E-state index is 0.448. The Balaban J connectivity index is 1.90. The van der Waals surface area contributed by atoms with Crippen LogP contribution in [-0.4, -0.2) is 29.6 Å². The van der Waals surface area contributed by atoms with Crippen molar-refractivity contribution in [3.8, 4) is 11.1 Å². The number of aryl methyl sites for hydroxylation is 1. The van der Waals surface area contributed by atoms with E-state index in [9.17, 15) is 0 Å². The summed E-state index contributed by atoms with van der Waals surface area (Å²) in [6.07, 6.45) is 3.75. The number of fused-ring (bicyclic) bond motifs is 1. The molecule has 0 fully saturated rings. The predicted octanol–water partition coefficient (Wildman–Crippen LogP) is 3.41. The van der Waals surface area contributed by atoms with Gasteiger partial charge in [0.2, 0.25) is 0 Å². The van der Waals surface area contributed by atoms with Crippen LogP contribution in [0.25, 0.3) is 11.1 Å². The van der Waals surface area contributed by atoms with Gasteiger partial charge < -0.3 is 4.74 Å². The molecule has 2 aromatic rings. The molecule has 110 valence electrons. The van der Waals surface area contributed by atoms with E-state index in [1.54, 1.807) is 7.11 Å². The summed E-state index contributed by atoms with van der Waals surface area (Å²) >= 11 is 0. The summed E-state index contributed by atoms with van der Waals surface area (Å²) in [6.45, 7) is 7.26. The molecule has 0 aliphatic carbocycles. The molecule has 1 aliphatic heterocycles. The number of hydrogen-bond donors (Lipinski definition) is 0. The number of hydrogen-bond acceptors (Lipinski definition) is 3. The van der Waals surface area contributed by atoms with Gasteiger partial charge in [-0.2, -0.15) is 0 Å². The van der Waals surface area contributed by atoms with Gasteiger partial charge in [-0.15, -0.1) is 0 Å². The van der Waals surface area contributed by atoms with Crippen LogP contribution in [0.1, 0.15) is 23.6 Å². The molecule has 0 bridgehead atoms. The summed E-state index contributed by atoms with van der Waals surface area (Å²) in [7, 11) is 1.77. The molecular weight excluding hydrogens is 260 g/mol. The summed E-state index contributed by atoms with van der Waals surface area (Å²) in [5.41, 5.74) is 6.74. The van der Waals surface area contributed by atoms with Crippen LogP contribution < -0.4 is 0 Å². The van der Waals surface area contributed by atoms with Gasteiger partial charge in [-0.1, -0.05) is 12.1 Å². The van der Waals surface area contributed by atoms with Crippen LogP contribution in [-0.2, 0) is 17.8 Å². The number of pyridine rings is 1. The Hall–Kier alpha value is -1.71. The molecule has 1 atom stereocenters. The highest BCUT2D eigenvalue weighted by Gasteiger charge is 2.25. The summed E-state index contributed by atoms with van der Waals surface area (Å²) in [5, 5.41) is 0. The lowest BCUT2D eigenvalue weighted by Crippen LogP contribution is -2.31. The number of benzene rings is 1. The minimum Gasteiger partial charge on any atom is -0.383 e. The van der Waals surface area contributed by atoms with Crippen molar-refractivity contribution in [1.29, 1.82) is 0 Å². The van der Waals surface area contributed by atoms with Crippen LogP contribution in [0.2, 0.25) is 0 Å². The van der Waals surface area contributed by atoms with Crippen molar-refractivity contribution in [2.45, 2.75) is 33.0 Å². The van der Waals surface area contributed by atoms with Crippen molar-refractivity contribution >= 4 is 0 Å². The lowest BCUT2D eigenvalue weighted by Gasteiger charge is -2.22. The SMILES string of the molecule is COCC(C)N1Cc2cc(-c3cccnc3)cc(C)c2C1. The third kappa shape index (κ3) is 2.85. The van der Waals surface area contributed by atoms with E-state index in [4.69, 9.17) is 4.74 Å². The van der Waals surface area contributed by atoms with Crippen molar-refractivity contribution in [3.63, 3.8) is 0 Å². The average molecular weight is 282 g/mol. The molecule has 1 aromatic heterocycles. The first-order chi connectivity index (χ1) is 10.2. The molecule has 1 aliphatic rings. The maximum atomic E-state index is 5.29. The van der Waals surface area contributed by atoms with Gasteiger partial charge in [0, 0.05) is 44.2 Å². The first kappa shape index (κ1) is 14.2. The van der Waals surface area contributed by atoms with Gasteiger partial charge in [-0.3, -0.25) is 9.88 Å². The lowest BCUT2D eigenvalue weighted by molar-refractivity contribution is 0.0980. The maximum absolute atomic E-state index is 5.29. The zero-order chi connectivity index (χ0) is 14.8. The van der Waals surface area contributed by atoms with Crippen LogP contribution in [0.5, 0.6) is 0 Å². The molecule has 0 saturated heterocycles. The second-order valence-corrected chi connectivity index (χ2v) is 5.88. The first-order valence-corrected chi connectivity index (χ1v) is 7.45. The van der Waals surface area contributed by atoms with E-state index in [2.05, 4.69) is 41.9 Å². The van der Waals surface area contributed by atoms with E-state index in [1.807, 2.05) is 18.5 Å². The number of aromatic nitrogens is 1. The Morgan fingerprint density at radius 3 is 2.86 bits per heavy atom. The first-order valence-electron chi connectivity index (χ1n) is 7.45. The Morgan fingerprint density at radius 1 is 1.29 bits per heavy atom. The molecule has 0 spiro atoms. The second kappa shape index (κ2) is 5.96. The van der Waals surface area contributed by atoms with E-state index < -0.39 is 0 Å². The number of methoxy groups -OCH3 is 1. The number of nitrogens with zero attached hydrogens (tertiary/aromatic N) is 2.